The molecule has 1 saturated heterocycles. The third-order valence-corrected chi connectivity index (χ3v) is 3.36. The fourth-order valence-electron chi connectivity index (χ4n) is 2.59. The van der Waals surface area contributed by atoms with Crippen LogP contribution in [-0.4, -0.2) is 36.6 Å². The standard InChI is InChI=1S/C14H30N2/c1-11(2)6-7-16-9-14(10-16)8-13(5)15-12(3)4/h11-15H,6-10H2,1-5H3. The Morgan fingerprint density at radius 1 is 1.12 bits per heavy atom. The van der Waals surface area contributed by atoms with E-state index in [-0.39, 0.29) is 0 Å². The molecule has 0 amide bonds. The average Bonchev–Trinajstić information content (AvgIpc) is 2.06. The van der Waals surface area contributed by atoms with Gasteiger partial charge in [-0.3, -0.25) is 0 Å². The SMILES string of the molecule is CC(C)CCN1CC(CC(C)NC(C)C)C1. The zero-order chi connectivity index (χ0) is 12.1. The fourth-order valence-corrected chi connectivity index (χ4v) is 2.59. The Morgan fingerprint density at radius 2 is 1.75 bits per heavy atom. The lowest BCUT2D eigenvalue weighted by molar-refractivity contribution is 0.0819. The number of nitrogens with one attached hydrogen (secondary N) is 1. The minimum absolute atomic E-state index is 0.618. The van der Waals surface area contributed by atoms with Crippen molar-refractivity contribution in [3.63, 3.8) is 0 Å². The molecular weight excluding hydrogens is 196 g/mol. The van der Waals surface area contributed by atoms with Crippen LogP contribution in [0.5, 0.6) is 0 Å². The molecule has 2 nitrogen and oxygen atoms in total. The predicted molar refractivity (Wildman–Crippen MR) is 71.7 cm³/mol. The number of likely N-dealkylation sites (tertiary alicyclic amines) is 1. The van der Waals surface area contributed by atoms with E-state index in [0.29, 0.717) is 12.1 Å². The molecule has 1 aliphatic heterocycles. The summed E-state index contributed by atoms with van der Waals surface area (Å²) in [5.41, 5.74) is 0. The first kappa shape index (κ1) is 14.0. The second kappa shape index (κ2) is 6.61. The molecule has 2 heteroatoms. The van der Waals surface area contributed by atoms with E-state index in [1.807, 2.05) is 0 Å². The van der Waals surface area contributed by atoms with Crippen LogP contribution >= 0.6 is 0 Å². The van der Waals surface area contributed by atoms with E-state index in [2.05, 4.69) is 44.8 Å². The average molecular weight is 226 g/mol. The van der Waals surface area contributed by atoms with E-state index in [4.69, 9.17) is 0 Å². The van der Waals surface area contributed by atoms with Crippen LogP contribution in [0.25, 0.3) is 0 Å². The zero-order valence-corrected chi connectivity index (χ0v) is 11.8. The fraction of sp³-hybridized carbons (Fsp3) is 1.00. The molecule has 0 aromatic carbocycles. The smallest absolute Gasteiger partial charge is 0.00446 e. The Labute approximate surface area is 102 Å². The van der Waals surface area contributed by atoms with Gasteiger partial charge in [-0.25, -0.2) is 0 Å². The maximum absolute atomic E-state index is 3.59. The molecule has 1 N–H and O–H groups in total. The lowest BCUT2D eigenvalue weighted by atomic mass is 9.92. The van der Waals surface area contributed by atoms with E-state index in [0.717, 1.165) is 11.8 Å². The van der Waals surface area contributed by atoms with Crippen molar-refractivity contribution in [1.82, 2.24) is 10.2 Å². The monoisotopic (exact) mass is 226 g/mol. The maximum Gasteiger partial charge on any atom is 0.00446 e. The molecule has 1 atom stereocenters. The highest BCUT2D eigenvalue weighted by atomic mass is 15.2. The van der Waals surface area contributed by atoms with Crippen LogP contribution in [-0.2, 0) is 0 Å². The molecule has 0 aromatic heterocycles. The lowest BCUT2D eigenvalue weighted by Gasteiger charge is -2.41. The number of hydrogen-bond donors (Lipinski definition) is 1. The quantitative estimate of drug-likeness (QED) is 0.718. The van der Waals surface area contributed by atoms with E-state index in [1.165, 1.54) is 32.5 Å². The minimum Gasteiger partial charge on any atom is -0.312 e. The van der Waals surface area contributed by atoms with Crippen molar-refractivity contribution >= 4 is 0 Å². The van der Waals surface area contributed by atoms with Gasteiger partial charge < -0.3 is 10.2 Å². The van der Waals surface area contributed by atoms with Crippen LogP contribution in [0.1, 0.15) is 47.5 Å². The molecule has 0 aliphatic carbocycles. The first-order valence-electron chi connectivity index (χ1n) is 6.95. The summed E-state index contributed by atoms with van der Waals surface area (Å²) >= 11 is 0. The number of hydrogen-bond acceptors (Lipinski definition) is 2. The van der Waals surface area contributed by atoms with Crippen molar-refractivity contribution in [3.05, 3.63) is 0 Å². The van der Waals surface area contributed by atoms with Gasteiger partial charge in [0.05, 0.1) is 0 Å². The molecule has 16 heavy (non-hydrogen) atoms. The third kappa shape index (κ3) is 5.31. The Kier molecular flexibility index (Phi) is 5.77. The van der Waals surface area contributed by atoms with Crippen LogP contribution in [0, 0.1) is 11.8 Å². The van der Waals surface area contributed by atoms with Crippen molar-refractivity contribution < 1.29 is 0 Å². The highest BCUT2D eigenvalue weighted by Gasteiger charge is 2.27. The summed E-state index contributed by atoms with van der Waals surface area (Å²) in [7, 11) is 0. The van der Waals surface area contributed by atoms with Gasteiger partial charge >= 0.3 is 0 Å². The van der Waals surface area contributed by atoms with E-state index in [9.17, 15) is 0 Å². The summed E-state index contributed by atoms with van der Waals surface area (Å²) in [5, 5.41) is 3.59. The van der Waals surface area contributed by atoms with Crippen molar-refractivity contribution in [3.8, 4) is 0 Å². The van der Waals surface area contributed by atoms with Crippen molar-refractivity contribution in [2.24, 2.45) is 11.8 Å². The lowest BCUT2D eigenvalue weighted by Crippen LogP contribution is -2.49. The molecule has 1 unspecified atom stereocenters. The number of rotatable bonds is 7. The van der Waals surface area contributed by atoms with Gasteiger partial charge in [0.15, 0.2) is 0 Å². The van der Waals surface area contributed by atoms with Crippen LogP contribution in [0.2, 0.25) is 0 Å². The van der Waals surface area contributed by atoms with E-state index < -0.39 is 0 Å². The zero-order valence-electron chi connectivity index (χ0n) is 11.8. The van der Waals surface area contributed by atoms with Gasteiger partial charge in [0.25, 0.3) is 0 Å². The van der Waals surface area contributed by atoms with Crippen LogP contribution in [0.3, 0.4) is 0 Å². The number of nitrogens with zero attached hydrogens (tertiary/aromatic N) is 1. The Morgan fingerprint density at radius 3 is 2.25 bits per heavy atom. The molecule has 1 aliphatic rings. The first-order chi connectivity index (χ1) is 7.47. The molecule has 0 spiro atoms. The van der Waals surface area contributed by atoms with Crippen LogP contribution in [0.4, 0.5) is 0 Å². The van der Waals surface area contributed by atoms with Gasteiger partial charge in [-0.2, -0.15) is 0 Å². The van der Waals surface area contributed by atoms with E-state index in [1.54, 1.807) is 0 Å². The summed E-state index contributed by atoms with van der Waals surface area (Å²) in [5.74, 6) is 1.79. The summed E-state index contributed by atoms with van der Waals surface area (Å²) in [6, 6.07) is 1.30. The van der Waals surface area contributed by atoms with Gasteiger partial charge in [-0.1, -0.05) is 27.7 Å². The normalized spacial score (nSPS) is 20.4. The Hall–Kier alpha value is -0.0800. The Bertz CT molecular complexity index is 183. The molecule has 0 aromatic rings. The second-order valence-electron chi connectivity index (χ2n) is 6.27. The summed E-state index contributed by atoms with van der Waals surface area (Å²) in [6.07, 6.45) is 2.70. The first-order valence-corrected chi connectivity index (χ1v) is 6.95. The van der Waals surface area contributed by atoms with Gasteiger partial charge in [0, 0.05) is 25.2 Å². The largest absolute Gasteiger partial charge is 0.312 e. The predicted octanol–water partition coefficient (Wildman–Crippen LogP) is 2.74. The highest BCUT2D eigenvalue weighted by molar-refractivity contribution is 4.83. The minimum atomic E-state index is 0.618. The molecule has 1 heterocycles. The van der Waals surface area contributed by atoms with Crippen LogP contribution in [0.15, 0.2) is 0 Å². The van der Waals surface area contributed by atoms with Gasteiger partial charge in [0.2, 0.25) is 0 Å². The van der Waals surface area contributed by atoms with Gasteiger partial charge in [-0.05, 0) is 38.1 Å². The molecule has 1 rings (SSSR count). The highest BCUT2D eigenvalue weighted by Crippen LogP contribution is 2.21. The molecule has 96 valence electrons. The second-order valence-corrected chi connectivity index (χ2v) is 6.27. The molecule has 0 bridgehead atoms. The Balaban J connectivity index is 2.03. The maximum atomic E-state index is 3.59. The molecule has 1 fully saturated rings. The molecular formula is C14H30N2. The van der Waals surface area contributed by atoms with Crippen LogP contribution < -0.4 is 5.32 Å². The third-order valence-electron chi connectivity index (χ3n) is 3.36. The van der Waals surface area contributed by atoms with E-state index >= 15 is 0 Å². The van der Waals surface area contributed by atoms with Crippen molar-refractivity contribution in [1.29, 1.82) is 0 Å². The summed E-state index contributed by atoms with van der Waals surface area (Å²) < 4.78 is 0. The van der Waals surface area contributed by atoms with Crippen molar-refractivity contribution in [2.75, 3.05) is 19.6 Å². The summed E-state index contributed by atoms with van der Waals surface area (Å²) in [6.45, 7) is 15.4. The molecule has 0 radical (unpaired) electrons. The topological polar surface area (TPSA) is 15.3 Å². The summed E-state index contributed by atoms with van der Waals surface area (Å²) in [4.78, 5) is 2.60. The van der Waals surface area contributed by atoms with Gasteiger partial charge in [-0.15, -0.1) is 0 Å². The van der Waals surface area contributed by atoms with Crippen molar-refractivity contribution in [2.45, 2.75) is 59.5 Å². The van der Waals surface area contributed by atoms with Gasteiger partial charge in [0.1, 0.15) is 0 Å². The molecule has 0 saturated carbocycles.